The average Bonchev–Trinajstić information content (AvgIpc) is 2.53. The molecule has 0 bridgehead atoms. The van der Waals surface area contributed by atoms with Gasteiger partial charge in [0.25, 0.3) is 0 Å². The minimum Gasteiger partial charge on any atom is -0.480 e. The summed E-state index contributed by atoms with van der Waals surface area (Å²) < 4.78 is 24.0. The summed E-state index contributed by atoms with van der Waals surface area (Å²) in [4.78, 5) is 23.7. The highest BCUT2D eigenvalue weighted by Gasteiger charge is 2.34. The molecule has 1 aromatic rings. The van der Waals surface area contributed by atoms with E-state index in [1.54, 1.807) is 27.7 Å². The van der Waals surface area contributed by atoms with Crippen molar-refractivity contribution in [2.45, 2.75) is 65.3 Å². The van der Waals surface area contributed by atoms with Crippen LogP contribution in [0.25, 0.3) is 0 Å². The van der Waals surface area contributed by atoms with Crippen molar-refractivity contribution in [3.63, 3.8) is 0 Å². The molecular formula is C18H29N2O6P. The van der Waals surface area contributed by atoms with E-state index in [1.807, 2.05) is 30.3 Å². The van der Waals surface area contributed by atoms with Gasteiger partial charge in [0.2, 0.25) is 5.91 Å². The van der Waals surface area contributed by atoms with E-state index >= 15 is 0 Å². The van der Waals surface area contributed by atoms with E-state index in [-0.39, 0.29) is 6.42 Å². The minimum atomic E-state index is -3.80. The van der Waals surface area contributed by atoms with Crippen molar-refractivity contribution < 1.29 is 28.3 Å². The largest absolute Gasteiger partial charge is 0.480 e. The zero-order valence-corrected chi connectivity index (χ0v) is 17.2. The highest BCUT2D eigenvalue weighted by molar-refractivity contribution is 7.51. The molecule has 0 unspecified atom stereocenters. The third-order valence-corrected chi connectivity index (χ3v) is 5.37. The Kier molecular flexibility index (Phi) is 9.12. The van der Waals surface area contributed by atoms with Crippen LogP contribution in [-0.2, 0) is 29.6 Å². The smallest absolute Gasteiger partial charge is 0.406 e. The van der Waals surface area contributed by atoms with Gasteiger partial charge in [0, 0.05) is 0 Å². The van der Waals surface area contributed by atoms with Crippen LogP contribution in [0.4, 0.5) is 0 Å². The van der Waals surface area contributed by atoms with Crippen LogP contribution in [0, 0.1) is 0 Å². The van der Waals surface area contributed by atoms with Gasteiger partial charge in [-0.25, -0.2) is 9.65 Å². The molecule has 1 aromatic carbocycles. The van der Waals surface area contributed by atoms with E-state index in [4.69, 9.17) is 14.2 Å². The maximum Gasteiger partial charge on any atom is 0.406 e. The molecule has 8 nitrogen and oxygen atoms in total. The molecule has 2 atom stereocenters. The van der Waals surface area contributed by atoms with E-state index in [0.29, 0.717) is 0 Å². The fraction of sp³-hybridized carbons (Fsp3) is 0.556. The number of carboxylic acids is 1. The van der Waals surface area contributed by atoms with Crippen molar-refractivity contribution in [3.05, 3.63) is 35.9 Å². The van der Waals surface area contributed by atoms with Gasteiger partial charge in [0.05, 0.1) is 12.2 Å². The van der Waals surface area contributed by atoms with Crippen LogP contribution >= 0.6 is 7.75 Å². The maximum atomic E-state index is 13.1. The zero-order chi connectivity index (χ0) is 20.6. The van der Waals surface area contributed by atoms with Gasteiger partial charge in [-0.05, 0) is 46.6 Å². The van der Waals surface area contributed by atoms with E-state index in [2.05, 4.69) is 10.4 Å². The lowest BCUT2D eigenvalue weighted by Gasteiger charge is -2.28. The second-order valence-corrected chi connectivity index (χ2v) is 8.42. The lowest BCUT2D eigenvalue weighted by atomic mass is 10.1. The Morgan fingerprint density at radius 1 is 1.04 bits per heavy atom. The number of nitrogens with one attached hydrogen (secondary N) is 2. The van der Waals surface area contributed by atoms with E-state index in [9.17, 15) is 14.2 Å². The maximum absolute atomic E-state index is 13.1. The second kappa shape index (κ2) is 10.6. The van der Waals surface area contributed by atoms with Gasteiger partial charge in [0.1, 0.15) is 12.1 Å². The number of rotatable bonds is 11. The minimum absolute atomic E-state index is 0.186. The number of carbonyl (C=O) groups is 2. The molecule has 1 rings (SSSR count). The summed E-state index contributed by atoms with van der Waals surface area (Å²) in [5.74, 6) is -1.77. The number of hydrogen-bond acceptors (Lipinski definition) is 5. The quantitative estimate of drug-likeness (QED) is 0.489. The van der Waals surface area contributed by atoms with Gasteiger partial charge in [0.15, 0.2) is 0 Å². The summed E-state index contributed by atoms with van der Waals surface area (Å²) in [5.41, 5.74) is 0.814. The van der Waals surface area contributed by atoms with Gasteiger partial charge in [-0.2, -0.15) is 0 Å². The molecule has 3 N–H and O–H groups in total. The van der Waals surface area contributed by atoms with E-state index in [1.165, 1.54) is 6.92 Å². The molecule has 0 aliphatic carbocycles. The third-order valence-electron chi connectivity index (χ3n) is 3.34. The topological polar surface area (TPSA) is 114 Å². The van der Waals surface area contributed by atoms with Crippen LogP contribution in [0.1, 0.15) is 40.2 Å². The second-order valence-electron chi connectivity index (χ2n) is 6.75. The van der Waals surface area contributed by atoms with Crippen molar-refractivity contribution >= 4 is 19.6 Å². The fourth-order valence-corrected chi connectivity index (χ4v) is 4.13. The molecule has 0 saturated heterocycles. The van der Waals surface area contributed by atoms with Crippen molar-refractivity contribution in [2.75, 3.05) is 0 Å². The summed E-state index contributed by atoms with van der Waals surface area (Å²) in [6, 6.07) is 7.03. The third kappa shape index (κ3) is 8.67. The molecule has 9 heteroatoms. The molecule has 0 spiro atoms. The standard InChI is InChI=1S/C18H29N2O6P/c1-12(2)25-27(24,26-13(3)4)20-16(11-15-9-7-6-8-10-15)17(21)19-14(5)18(22)23/h6-10,12-14,16H,11H2,1-5H3,(H,19,21)(H,20,24)(H,22,23)/t14-,16-/m0/s1. The molecule has 0 aliphatic heterocycles. The average molecular weight is 400 g/mol. The molecule has 27 heavy (non-hydrogen) atoms. The highest BCUT2D eigenvalue weighted by atomic mass is 31.2. The predicted octanol–water partition coefficient (Wildman–Crippen LogP) is 2.73. The molecule has 0 saturated carbocycles. The SMILES string of the molecule is CC(C)OP(=O)(N[C@@H](Cc1ccccc1)C(=O)N[C@@H](C)C(=O)O)OC(C)C. The first-order valence-electron chi connectivity index (χ1n) is 8.84. The Balaban J connectivity index is 3.08. The van der Waals surface area contributed by atoms with E-state index < -0.39 is 43.9 Å². The van der Waals surface area contributed by atoms with Crippen molar-refractivity contribution in [1.29, 1.82) is 0 Å². The Morgan fingerprint density at radius 3 is 2.00 bits per heavy atom. The van der Waals surface area contributed by atoms with Gasteiger partial charge >= 0.3 is 13.7 Å². The Labute approximate surface area is 160 Å². The molecule has 0 fully saturated rings. The van der Waals surface area contributed by atoms with Gasteiger partial charge in [-0.3, -0.25) is 18.6 Å². The van der Waals surface area contributed by atoms with Crippen LogP contribution in [0.5, 0.6) is 0 Å². The summed E-state index contributed by atoms with van der Waals surface area (Å²) in [6.45, 7) is 8.18. The monoisotopic (exact) mass is 400 g/mol. The lowest BCUT2D eigenvalue weighted by molar-refractivity contribution is -0.141. The molecule has 0 aromatic heterocycles. The van der Waals surface area contributed by atoms with Gasteiger partial charge in [-0.1, -0.05) is 30.3 Å². The Bertz CT molecular complexity index is 651. The normalized spacial score (nSPS) is 14.2. The Morgan fingerprint density at radius 2 is 1.56 bits per heavy atom. The van der Waals surface area contributed by atoms with Crippen molar-refractivity contribution in [1.82, 2.24) is 10.4 Å². The van der Waals surface area contributed by atoms with Crippen LogP contribution in [0.3, 0.4) is 0 Å². The summed E-state index contributed by atoms with van der Waals surface area (Å²) >= 11 is 0. The van der Waals surface area contributed by atoms with Crippen LogP contribution in [-0.4, -0.2) is 41.3 Å². The van der Waals surface area contributed by atoms with Crippen LogP contribution in [0.2, 0.25) is 0 Å². The fourth-order valence-electron chi connectivity index (χ4n) is 2.25. The predicted molar refractivity (Wildman–Crippen MR) is 102 cm³/mol. The molecule has 0 heterocycles. The first-order valence-corrected chi connectivity index (χ1v) is 10.4. The molecule has 0 radical (unpaired) electrons. The van der Waals surface area contributed by atoms with Crippen LogP contribution < -0.4 is 10.4 Å². The number of aliphatic carboxylic acids is 1. The van der Waals surface area contributed by atoms with Crippen molar-refractivity contribution in [3.8, 4) is 0 Å². The van der Waals surface area contributed by atoms with Gasteiger partial charge < -0.3 is 10.4 Å². The zero-order valence-electron chi connectivity index (χ0n) is 16.3. The number of hydrogen-bond donors (Lipinski definition) is 3. The van der Waals surface area contributed by atoms with E-state index in [0.717, 1.165) is 5.56 Å². The van der Waals surface area contributed by atoms with Crippen molar-refractivity contribution in [2.24, 2.45) is 0 Å². The highest BCUT2D eigenvalue weighted by Crippen LogP contribution is 2.47. The molecular weight excluding hydrogens is 371 g/mol. The lowest BCUT2D eigenvalue weighted by Crippen LogP contribution is -2.49. The number of amides is 1. The number of carbonyl (C=O) groups excluding carboxylic acids is 1. The Hall–Kier alpha value is -1.73. The summed E-state index contributed by atoms with van der Waals surface area (Å²) in [5, 5.41) is 14.1. The van der Waals surface area contributed by atoms with Crippen LogP contribution in [0.15, 0.2) is 30.3 Å². The number of carboxylic acid groups (broad SMARTS) is 1. The molecule has 1 amide bonds. The molecule has 152 valence electrons. The molecule has 0 aliphatic rings. The number of benzene rings is 1. The first-order chi connectivity index (χ1) is 12.5. The first kappa shape index (κ1) is 23.3. The summed E-state index contributed by atoms with van der Waals surface area (Å²) in [7, 11) is -3.80. The van der Waals surface area contributed by atoms with Gasteiger partial charge in [-0.15, -0.1) is 0 Å². The summed E-state index contributed by atoms with van der Waals surface area (Å²) in [6.07, 6.45) is -0.618.